The van der Waals surface area contributed by atoms with Crippen molar-refractivity contribution in [3.05, 3.63) is 24.1 Å². The molecule has 1 N–H and O–H groups in total. The molecule has 1 saturated heterocycles. The fraction of sp³-hybridized carbons (Fsp3) is 0.643. The molecule has 1 unspecified atom stereocenters. The van der Waals surface area contributed by atoms with E-state index in [4.69, 9.17) is 4.74 Å². The van der Waals surface area contributed by atoms with Gasteiger partial charge in [0.1, 0.15) is 5.82 Å². The fourth-order valence-corrected chi connectivity index (χ4v) is 2.31. The van der Waals surface area contributed by atoms with E-state index in [9.17, 15) is 4.39 Å². The van der Waals surface area contributed by atoms with E-state index in [1.165, 1.54) is 6.07 Å². The van der Waals surface area contributed by atoms with Crippen LogP contribution in [0, 0.1) is 11.9 Å². The van der Waals surface area contributed by atoms with Gasteiger partial charge >= 0.3 is 0 Å². The summed E-state index contributed by atoms with van der Waals surface area (Å²) < 4.78 is 18.7. The predicted molar refractivity (Wildman–Crippen MR) is 73.7 cm³/mol. The molecule has 1 aromatic rings. The van der Waals surface area contributed by atoms with Gasteiger partial charge in [0.15, 0.2) is 0 Å². The lowest BCUT2D eigenvalue weighted by Crippen LogP contribution is -2.46. The molecule has 0 bridgehead atoms. The summed E-state index contributed by atoms with van der Waals surface area (Å²) in [5.41, 5.74) is 0. The predicted octanol–water partition coefficient (Wildman–Crippen LogP) is 1.99. The van der Waals surface area contributed by atoms with Gasteiger partial charge in [0.2, 0.25) is 5.95 Å². The summed E-state index contributed by atoms with van der Waals surface area (Å²) in [7, 11) is 0. The maximum Gasteiger partial charge on any atom is 0.214 e. The molecule has 1 aliphatic heterocycles. The first kappa shape index (κ1) is 14.2. The number of morpholine rings is 1. The van der Waals surface area contributed by atoms with Crippen LogP contribution in [0.1, 0.15) is 13.8 Å². The maximum atomic E-state index is 12.9. The molecule has 1 fully saturated rings. The van der Waals surface area contributed by atoms with Crippen molar-refractivity contribution in [2.45, 2.75) is 20.0 Å². The number of anilines is 1. The van der Waals surface area contributed by atoms with Gasteiger partial charge in [-0.2, -0.15) is 4.39 Å². The minimum absolute atomic E-state index is 0.137. The van der Waals surface area contributed by atoms with E-state index in [0.717, 1.165) is 26.2 Å². The molecule has 0 spiro atoms. The summed E-state index contributed by atoms with van der Waals surface area (Å²) in [6.45, 7) is 8.87. The highest BCUT2D eigenvalue weighted by atomic mass is 19.1. The van der Waals surface area contributed by atoms with Crippen molar-refractivity contribution < 1.29 is 9.13 Å². The number of hydrogen-bond donors (Lipinski definition) is 1. The zero-order valence-electron chi connectivity index (χ0n) is 11.6. The monoisotopic (exact) mass is 267 g/mol. The number of aromatic nitrogens is 1. The third-order valence-electron chi connectivity index (χ3n) is 3.07. The Morgan fingerprint density at radius 1 is 1.53 bits per heavy atom. The zero-order chi connectivity index (χ0) is 13.7. The van der Waals surface area contributed by atoms with Crippen molar-refractivity contribution in [1.82, 2.24) is 9.88 Å². The Hall–Kier alpha value is -1.20. The molecular weight excluding hydrogens is 245 g/mol. The van der Waals surface area contributed by atoms with E-state index in [2.05, 4.69) is 29.0 Å². The van der Waals surface area contributed by atoms with E-state index in [0.29, 0.717) is 18.3 Å². The average Bonchev–Trinajstić information content (AvgIpc) is 2.36. The Morgan fingerprint density at radius 3 is 3.11 bits per heavy atom. The summed E-state index contributed by atoms with van der Waals surface area (Å²) in [6.07, 6.45) is 0.137. The summed E-state index contributed by atoms with van der Waals surface area (Å²) >= 11 is 0. The first-order valence-corrected chi connectivity index (χ1v) is 6.84. The second-order valence-electron chi connectivity index (χ2n) is 5.37. The SMILES string of the molecule is CC(C)CN1CCOC(CNc2cccc(F)n2)C1. The van der Waals surface area contributed by atoms with Gasteiger partial charge in [-0.3, -0.25) is 4.90 Å². The first-order chi connectivity index (χ1) is 9.13. The molecule has 2 rings (SSSR count). The van der Waals surface area contributed by atoms with Crippen LogP contribution in [-0.2, 0) is 4.74 Å². The van der Waals surface area contributed by atoms with E-state index in [-0.39, 0.29) is 6.10 Å². The largest absolute Gasteiger partial charge is 0.374 e. The zero-order valence-corrected chi connectivity index (χ0v) is 11.6. The normalized spacial score (nSPS) is 20.7. The molecular formula is C14H22FN3O. The van der Waals surface area contributed by atoms with Crippen LogP contribution < -0.4 is 5.32 Å². The molecule has 0 amide bonds. The van der Waals surface area contributed by atoms with Crippen molar-refractivity contribution in [2.24, 2.45) is 5.92 Å². The molecule has 106 valence electrons. The minimum Gasteiger partial charge on any atom is -0.374 e. The fourth-order valence-electron chi connectivity index (χ4n) is 2.31. The molecule has 19 heavy (non-hydrogen) atoms. The highest BCUT2D eigenvalue weighted by molar-refractivity contribution is 5.33. The van der Waals surface area contributed by atoms with Crippen LogP contribution in [0.5, 0.6) is 0 Å². The Morgan fingerprint density at radius 2 is 2.37 bits per heavy atom. The van der Waals surface area contributed by atoms with Crippen molar-refractivity contribution in [2.75, 3.05) is 38.1 Å². The third-order valence-corrected chi connectivity index (χ3v) is 3.07. The molecule has 4 nitrogen and oxygen atoms in total. The standard InChI is InChI=1S/C14H22FN3O/c1-11(2)9-18-6-7-19-12(10-18)8-16-14-5-3-4-13(15)17-14/h3-5,11-12H,6-10H2,1-2H3,(H,16,17). The van der Waals surface area contributed by atoms with Gasteiger partial charge in [0.25, 0.3) is 0 Å². The summed E-state index contributed by atoms with van der Waals surface area (Å²) in [5, 5.41) is 3.13. The van der Waals surface area contributed by atoms with Gasteiger partial charge in [0, 0.05) is 26.2 Å². The third kappa shape index (κ3) is 4.76. The number of nitrogens with one attached hydrogen (secondary N) is 1. The van der Waals surface area contributed by atoms with Crippen molar-refractivity contribution in [1.29, 1.82) is 0 Å². The summed E-state index contributed by atoms with van der Waals surface area (Å²) in [6, 6.07) is 4.75. The molecule has 0 aliphatic carbocycles. The topological polar surface area (TPSA) is 37.4 Å². The lowest BCUT2D eigenvalue weighted by atomic mass is 10.2. The van der Waals surface area contributed by atoms with E-state index >= 15 is 0 Å². The van der Waals surface area contributed by atoms with Gasteiger partial charge in [-0.25, -0.2) is 4.98 Å². The van der Waals surface area contributed by atoms with Gasteiger partial charge in [-0.15, -0.1) is 0 Å². The summed E-state index contributed by atoms with van der Waals surface area (Å²) in [5.74, 6) is 0.761. The minimum atomic E-state index is -0.462. The number of pyridine rings is 1. The molecule has 1 atom stereocenters. The van der Waals surface area contributed by atoms with Gasteiger partial charge in [-0.05, 0) is 18.1 Å². The molecule has 0 saturated carbocycles. The van der Waals surface area contributed by atoms with Crippen LogP contribution in [0.25, 0.3) is 0 Å². The van der Waals surface area contributed by atoms with Crippen LogP contribution >= 0.6 is 0 Å². The summed E-state index contributed by atoms with van der Waals surface area (Å²) in [4.78, 5) is 6.19. The first-order valence-electron chi connectivity index (χ1n) is 6.84. The van der Waals surface area contributed by atoms with E-state index in [1.54, 1.807) is 12.1 Å². The molecule has 0 radical (unpaired) electrons. The Kier molecular flexibility index (Phi) is 5.10. The molecule has 0 aromatic carbocycles. The van der Waals surface area contributed by atoms with Crippen LogP contribution in [0.4, 0.5) is 10.2 Å². The molecule has 5 heteroatoms. The van der Waals surface area contributed by atoms with Crippen LogP contribution in [-0.4, -0.2) is 48.8 Å². The number of ether oxygens (including phenoxy) is 1. The number of rotatable bonds is 5. The van der Waals surface area contributed by atoms with Gasteiger partial charge < -0.3 is 10.1 Å². The van der Waals surface area contributed by atoms with Crippen molar-refractivity contribution in [3.63, 3.8) is 0 Å². The molecule has 1 aliphatic rings. The number of hydrogen-bond acceptors (Lipinski definition) is 4. The average molecular weight is 267 g/mol. The number of nitrogens with zero attached hydrogens (tertiary/aromatic N) is 2. The van der Waals surface area contributed by atoms with Crippen LogP contribution in [0.15, 0.2) is 18.2 Å². The smallest absolute Gasteiger partial charge is 0.214 e. The second kappa shape index (κ2) is 6.82. The number of halogens is 1. The van der Waals surface area contributed by atoms with Gasteiger partial charge in [0.05, 0.1) is 12.7 Å². The quantitative estimate of drug-likeness (QED) is 0.828. The Balaban J connectivity index is 1.79. The molecule has 2 heterocycles. The van der Waals surface area contributed by atoms with Crippen LogP contribution in [0.2, 0.25) is 0 Å². The Bertz CT molecular complexity index is 400. The van der Waals surface area contributed by atoms with E-state index in [1.807, 2.05) is 0 Å². The van der Waals surface area contributed by atoms with E-state index < -0.39 is 5.95 Å². The lowest BCUT2D eigenvalue weighted by molar-refractivity contribution is -0.0244. The van der Waals surface area contributed by atoms with Crippen LogP contribution in [0.3, 0.4) is 0 Å². The van der Waals surface area contributed by atoms with Gasteiger partial charge in [-0.1, -0.05) is 19.9 Å². The van der Waals surface area contributed by atoms with Crippen molar-refractivity contribution >= 4 is 5.82 Å². The lowest BCUT2D eigenvalue weighted by Gasteiger charge is -2.34. The molecule has 1 aromatic heterocycles. The second-order valence-corrected chi connectivity index (χ2v) is 5.37. The maximum absolute atomic E-state index is 12.9. The highest BCUT2D eigenvalue weighted by Crippen LogP contribution is 2.10. The Labute approximate surface area is 114 Å². The van der Waals surface area contributed by atoms with Crippen molar-refractivity contribution in [3.8, 4) is 0 Å². The highest BCUT2D eigenvalue weighted by Gasteiger charge is 2.20.